The average Bonchev–Trinajstić information content (AvgIpc) is 3.41. The number of carbonyl (C=O) groups is 1. The Hall–Kier alpha value is -4.01. The second-order valence-corrected chi connectivity index (χ2v) is 9.58. The van der Waals surface area contributed by atoms with E-state index in [0.29, 0.717) is 43.2 Å². The van der Waals surface area contributed by atoms with Crippen LogP contribution >= 0.6 is 22.9 Å². The number of nitrogens with zero attached hydrogens (tertiary/aromatic N) is 3. The molecule has 0 bridgehead atoms. The first-order chi connectivity index (χ1) is 17.0. The van der Waals surface area contributed by atoms with E-state index >= 15 is 0 Å². The maximum absolute atomic E-state index is 13.7. The van der Waals surface area contributed by atoms with Gasteiger partial charge in [-0.1, -0.05) is 53.3 Å². The van der Waals surface area contributed by atoms with Crippen LogP contribution in [0.25, 0.3) is 11.0 Å². The smallest absolute Gasteiger partial charge is 0.297 e. The lowest BCUT2D eigenvalue weighted by Gasteiger charge is -2.22. The fourth-order valence-electron chi connectivity index (χ4n) is 4.21. The third-order valence-electron chi connectivity index (χ3n) is 5.71. The van der Waals surface area contributed by atoms with Gasteiger partial charge in [-0.25, -0.2) is 0 Å². The van der Waals surface area contributed by atoms with E-state index in [1.54, 1.807) is 25.1 Å². The van der Waals surface area contributed by atoms with Gasteiger partial charge in [0.15, 0.2) is 5.43 Å². The number of fused-ring (bicyclic) bond motifs is 2. The number of hydrogen-bond acceptors (Lipinski definition) is 7. The number of amides is 1. The molecule has 3 aromatic carbocycles. The fraction of sp³-hybridized carbons (Fsp3) is 0.0769. The van der Waals surface area contributed by atoms with Crippen molar-refractivity contribution < 1.29 is 13.9 Å². The van der Waals surface area contributed by atoms with Crippen LogP contribution in [-0.2, 0) is 0 Å². The molecule has 3 heterocycles. The summed E-state index contributed by atoms with van der Waals surface area (Å²) in [5.41, 5.74) is 0.878. The van der Waals surface area contributed by atoms with E-state index in [9.17, 15) is 9.59 Å². The van der Waals surface area contributed by atoms with Crippen molar-refractivity contribution in [1.82, 2.24) is 10.2 Å². The van der Waals surface area contributed by atoms with Crippen molar-refractivity contribution in [2.24, 2.45) is 0 Å². The van der Waals surface area contributed by atoms with E-state index in [2.05, 4.69) is 10.2 Å². The lowest BCUT2D eigenvalue weighted by molar-refractivity contribution is 0.0970. The zero-order valence-electron chi connectivity index (χ0n) is 18.3. The van der Waals surface area contributed by atoms with Crippen molar-refractivity contribution in [2.75, 3.05) is 4.90 Å². The minimum Gasteiger partial charge on any atom is -0.457 e. The van der Waals surface area contributed by atoms with Crippen LogP contribution in [0.2, 0.25) is 5.02 Å². The van der Waals surface area contributed by atoms with Gasteiger partial charge in [-0.15, -0.1) is 10.2 Å². The summed E-state index contributed by atoms with van der Waals surface area (Å²) in [5.74, 6) is 0.766. The zero-order valence-corrected chi connectivity index (χ0v) is 19.8. The van der Waals surface area contributed by atoms with Crippen LogP contribution in [0, 0.1) is 6.92 Å². The summed E-state index contributed by atoms with van der Waals surface area (Å²) in [6.45, 7) is 1.80. The van der Waals surface area contributed by atoms with Crippen molar-refractivity contribution in [1.29, 1.82) is 0 Å². The van der Waals surface area contributed by atoms with Crippen LogP contribution < -0.4 is 15.1 Å². The number of benzene rings is 3. The van der Waals surface area contributed by atoms with E-state index in [4.69, 9.17) is 20.8 Å². The van der Waals surface area contributed by atoms with Crippen molar-refractivity contribution in [3.05, 3.63) is 110 Å². The number of aryl methyl sites for hydroxylation is 1. The van der Waals surface area contributed by atoms with E-state index in [-0.39, 0.29) is 16.8 Å². The van der Waals surface area contributed by atoms with Crippen LogP contribution in [0.5, 0.6) is 11.5 Å². The Bertz CT molecular complexity index is 1660. The highest BCUT2D eigenvalue weighted by atomic mass is 35.5. The van der Waals surface area contributed by atoms with Gasteiger partial charge in [0.25, 0.3) is 5.91 Å². The number of aromatic nitrogens is 2. The van der Waals surface area contributed by atoms with Gasteiger partial charge in [-0.05, 0) is 55.0 Å². The van der Waals surface area contributed by atoms with E-state index in [1.165, 1.54) is 16.2 Å². The highest BCUT2D eigenvalue weighted by Crippen LogP contribution is 2.43. The number of anilines is 1. The molecule has 0 spiro atoms. The summed E-state index contributed by atoms with van der Waals surface area (Å²) < 4.78 is 12.0. The molecule has 0 saturated carbocycles. The normalized spacial score (nSPS) is 15.0. The van der Waals surface area contributed by atoms with Crippen LogP contribution in [-0.4, -0.2) is 16.1 Å². The molecule has 7 nitrogen and oxygen atoms in total. The van der Waals surface area contributed by atoms with Gasteiger partial charge in [0.2, 0.25) is 10.9 Å². The van der Waals surface area contributed by atoms with Gasteiger partial charge < -0.3 is 9.15 Å². The summed E-state index contributed by atoms with van der Waals surface area (Å²) in [6, 6.07) is 20.6. The Kier molecular flexibility index (Phi) is 5.12. The fourth-order valence-corrected chi connectivity index (χ4v) is 5.10. The molecule has 1 amide bonds. The summed E-state index contributed by atoms with van der Waals surface area (Å²) in [7, 11) is 0. The molecule has 172 valence electrons. The summed E-state index contributed by atoms with van der Waals surface area (Å²) >= 11 is 7.42. The first-order valence-corrected chi connectivity index (χ1v) is 11.9. The van der Waals surface area contributed by atoms with Crippen molar-refractivity contribution in [2.45, 2.75) is 13.0 Å². The molecule has 2 aromatic heterocycles. The number of rotatable bonds is 4. The summed E-state index contributed by atoms with van der Waals surface area (Å²) in [4.78, 5) is 28.8. The standard InChI is InChI=1S/C26H16ClN3O4S/c1-14-28-29-26(35-14)30-22(15-6-5-9-18(12-15)33-17-7-3-2-4-8-17)21-23(31)19-13-16(27)10-11-20(19)34-24(21)25(30)32/h2-13,22H,1H3. The predicted octanol–water partition coefficient (Wildman–Crippen LogP) is 6.15. The average molecular weight is 502 g/mol. The minimum absolute atomic E-state index is 0.0166. The Morgan fingerprint density at radius 1 is 0.971 bits per heavy atom. The summed E-state index contributed by atoms with van der Waals surface area (Å²) in [5, 5.41) is 10.0. The predicted molar refractivity (Wildman–Crippen MR) is 134 cm³/mol. The first-order valence-electron chi connectivity index (χ1n) is 10.7. The van der Waals surface area contributed by atoms with Gasteiger partial charge in [-0.3, -0.25) is 14.5 Å². The molecule has 6 rings (SSSR count). The Balaban J connectivity index is 1.55. The number of ether oxygens (including phenoxy) is 1. The zero-order chi connectivity index (χ0) is 24.1. The molecule has 0 fully saturated rings. The topological polar surface area (TPSA) is 85.5 Å². The molecule has 0 radical (unpaired) electrons. The largest absolute Gasteiger partial charge is 0.457 e. The SMILES string of the molecule is Cc1nnc(N2C(=O)c3oc4ccc(Cl)cc4c(=O)c3C2c2cccc(Oc3ccccc3)c2)s1. The molecule has 0 saturated heterocycles. The summed E-state index contributed by atoms with van der Waals surface area (Å²) in [6.07, 6.45) is 0. The lowest BCUT2D eigenvalue weighted by Crippen LogP contribution is -2.29. The minimum atomic E-state index is -0.774. The van der Waals surface area contributed by atoms with Crippen LogP contribution in [0.15, 0.2) is 82.0 Å². The molecular weight excluding hydrogens is 486 g/mol. The second kappa shape index (κ2) is 8.33. The monoisotopic (exact) mass is 501 g/mol. The molecule has 35 heavy (non-hydrogen) atoms. The lowest BCUT2D eigenvalue weighted by atomic mass is 9.98. The molecule has 1 atom stereocenters. The molecule has 0 N–H and O–H groups in total. The maximum Gasteiger partial charge on any atom is 0.297 e. The van der Waals surface area contributed by atoms with Crippen molar-refractivity contribution in [3.63, 3.8) is 0 Å². The number of hydrogen-bond donors (Lipinski definition) is 0. The van der Waals surface area contributed by atoms with E-state index < -0.39 is 11.9 Å². The third-order valence-corrected chi connectivity index (χ3v) is 6.78. The number of halogens is 1. The van der Waals surface area contributed by atoms with E-state index in [0.717, 1.165) is 0 Å². The molecule has 9 heteroatoms. The Morgan fingerprint density at radius 2 is 1.77 bits per heavy atom. The van der Waals surface area contributed by atoms with Crippen molar-refractivity contribution in [3.8, 4) is 11.5 Å². The van der Waals surface area contributed by atoms with Gasteiger partial charge in [0.1, 0.15) is 22.1 Å². The molecule has 1 unspecified atom stereocenters. The third kappa shape index (κ3) is 3.67. The quantitative estimate of drug-likeness (QED) is 0.293. The Morgan fingerprint density at radius 3 is 2.54 bits per heavy atom. The highest BCUT2D eigenvalue weighted by molar-refractivity contribution is 7.15. The van der Waals surface area contributed by atoms with Gasteiger partial charge in [-0.2, -0.15) is 0 Å². The molecule has 1 aliphatic heterocycles. The van der Waals surface area contributed by atoms with Crippen molar-refractivity contribution >= 4 is 44.9 Å². The Labute approximate surface area is 208 Å². The molecular formula is C26H16ClN3O4S. The van der Waals surface area contributed by atoms with Crippen LogP contribution in [0.1, 0.15) is 32.7 Å². The number of carbonyl (C=O) groups excluding carboxylic acids is 1. The van der Waals surface area contributed by atoms with Gasteiger partial charge >= 0.3 is 0 Å². The second-order valence-electron chi connectivity index (χ2n) is 7.98. The number of para-hydroxylation sites is 1. The van der Waals surface area contributed by atoms with Crippen LogP contribution in [0.4, 0.5) is 5.13 Å². The molecule has 1 aliphatic rings. The highest BCUT2D eigenvalue weighted by Gasteiger charge is 2.45. The van der Waals surface area contributed by atoms with Crippen LogP contribution in [0.3, 0.4) is 0 Å². The van der Waals surface area contributed by atoms with Gasteiger partial charge in [0.05, 0.1) is 17.0 Å². The molecule has 5 aromatic rings. The van der Waals surface area contributed by atoms with Gasteiger partial charge in [0, 0.05) is 5.02 Å². The van der Waals surface area contributed by atoms with E-state index in [1.807, 2.05) is 54.6 Å². The molecule has 0 aliphatic carbocycles. The maximum atomic E-state index is 13.7. The first kappa shape index (κ1) is 21.5.